The molecule has 2 aliphatic rings. The molecule has 70 heavy (non-hydrogen) atoms. The van der Waals surface area contributed by atoms with E-state index in [1.165, 1.54) is 5.56 Å². The van der Waals surface area contributed by atoms with Gasteiger partial charge in [-0.2, -0.15) is 6.07 Å². The third-order valence-corrected chi connectivity index (χ3v) is 13.2. The molecule has 1 aromatic heterocycles. The molecule has 0 radical (unpaired) electrons. The predicted octanol–water partition coefficient (Wildman–Crippen LogP) is 17.3. The molecule has 0 bridgehead atoms. The van der Waals surface area contributed by atoms with Gasteiger partial charge in [-0.1, -0.05) is 189 Å². The zero-order chi connectivity index (χ0) is 46.5. The van der Waals surface area contributed by atoms with Gasteiger partial charge in [-0.25, -0.2) is 4.98 Å². The van der Waals surface area contributed by atoms with Gasteiger partial charge in [0.25, 0.3) is 0 Å². The Hall–Kier alpha value is -7.98. The third kappa shape index (κ3) is 8.16. The fourth-order valence-corrected chi connectivity index (χ4v) is 9.75. The third-order valence-electron chi connectivity index (χ3n) is 13.2. The van der Waals surface area contributed by atoms with E-state index in [9.17, 15) is 0 Å². The summed E-state index contributed by atoms with van der Waals surface area (Å²) in [6.07, 6.45) is 1.87. The summed E-state index contributed by atoms with van der Waals surface area (Å²) >= 11 is 0. The zero-order valence-electron chi connectivity index (χ0n) is 39.1. The van der Waals surface area contributed by atoms with E-state index >= 15 is 0 Å². The first-order valence-corrected chi connectivity index (χ1v) is 23.5. The molecule has 0 fully saturated rings. The van der Waals surface area contributed by atoms with Crippen molar-refractivity contribution in [3.05, 3.63) is 255 Å². The van der Waals surface area contributed by atoms with Crippen molar-refractivity contribution in [1.29, 1.82) is 0 Å². The van der Waals surface area contributed by atoms with Crippen LogP contribution in [0.1, 0.15) is 26.3 Å². The summed E-state index contributed by atoms with van der Waals surface area (Å²) in [6.45, 7) is 8.96. The Morgan fingerprint density at radius 3 is 1.76 bits per heavy atom. The smallest absolute Gasteiger partial charge is 0.135 e. The minimum Gasteiger partial charge on any atom is -0.493 e. The molecular formula is C64H48N5Pt-3. The maximum atomic E-state index is 5.06. The van der Waals surface area contributed by atoms with Gasteiger partial charge >= 0.3 is 0 Å². The van der Waals surface area contributed by atoms with E-state index in [0.717, 1.165) is 102 Å². The number of hydrogen-bond acceptors (Lipinski definition) is 5. The van der Waals surface area contributed by atoms with Gasteiger partial charge in [-0.05, 0) is 87.8 Å². The molecule has 5 nitrogen and oxygen atoms in total. The van der Waals surface area contributed by atoms with Crippen LogP contribution in [0.3, 0.4) is 0 Å². The fourth-order valence-electron chi connectivity index (χ4n) is 9.75. The molecule has 12 rings (SSSR count). The van der Waals surface area contributed by atoms with E-state index in [1.807, 2.05) is 12.3 Å². The second-order valence-corrected chi connectivity index (χ2v) is 18.6. The Morgan fingerprint density at radius 2 is 1.06 bits per heavy atom. The van der Waals surface area contributed by atoms with Crippen LogP contribution >= 0.6 is 0 Å². The van der Waals surface area contributed by atoms with Crippen LogP contribution in [-0.2, 0) is 26.5 Å². The van der Waals surface area contributed by atoms with Crippen molar-refractivity contribution in [3.8, 4) is 44.5 Å². The van der Waals surface area contributed by atoms with E-state index in [1.54, 1.807) is 0 Å². The summed E-state index contributed by atoms with van der Waals surface area (Å²) in [5.74, 6) is 0.804. The van der Waals surface area contributed by atoms with Crippen LogP contribution in [0.2, 0.25) is 0 Å². The summed E-state index contributed by atoms with van der Waals surface area (Å²) in [7, 11) is 0. The van der Waals surface area contributed by atoms with Crippen molar-refractivity contribution < 1.29 is 21.1 Å². The SMILES string of the molecule is CC(C)(C)c1ccc(-c2ccc3c(c2)N(c2ccccn2)c2[c-]c(N(c4[c-]c(N5[CH-]N(c6ccccc6)c6ccccc65)cc(-c5ccccc5)c4)c4ccccc4)ccc2-c2ccccc2-3)cc1.[Pt]. The maximum absolute atomic E-state index is 5.06. The van der Waals surface area contributed by atoms with Crippen molar-refractivity contribution in [2.45, 2.75) is 26.2 Å². The number of fused-ring (bicyclic) bond motifs is 6. The van der Waals surface area contributed by atoms with Gasteiger partial charge in [0.1, 0.15) is 5.82 Å². The van der Waals surface area contributed by atoms with Crippen LogP contribution in [0, 0.1) is 18.8 Å². The molecule has 0 saturated carbocycles. The first kappa shape index (κ1) is 44.5. The number of rotatable bonds is 8. The monoisotopic (exact) mass is 1080 g/mol. The van der Waals surface area contributed by atoms with E-state index in [2.05, 4.69) is 278 Å². The van der Waals surface area contributed by atoms with Crippen LogP contribution in [0.5, 0.6) is 0 Å². The van der Waals surface area contributed by atoms with Crippen LogP contribution in [-0.4, -0.2) is 4.98 Å². The molecule has 0 atom stereocenters. The number of pyridine rings is 1. The summed E-state index contributed by atoms with van der Waals surface area (Å²) in [4.78, 5) is 14.2. The van der Waals surface area contributed by atoms with Crippen molar-refractivity contribution in [2.24, 2.45) is 0 Å². The Kier molecular flexibility index (Phi) is 11.8. The number of para-hydroxylation sites is 4. The zero-order valence-corrected chi connectivity index (χ0v) is 41.3. The van der Waals surface area contributed by atoms with Crippen LogP contribution in [0.25, 0.3) is 44.5 Å². The maximum Gasteiger partial charge on any atom is 0.135 e. The van der Waals surface area contributed by atoms with Gasteiger partial charge in [-0.15, -0.1) is 53.8 Å². The molecule has 0 unspecified atom stereocenters. The molecule has 2 aliphatic heterocycles. The first-order valence-electron chi connectivity index (χ1n) is 23.5. The predicted molar refractivity (Wildman–Crippen MR) is 287 cm³/mol. The second-order valence-electron chi connectivity index (χ2n) is 18.6. The number of nitrogens with zero attached hydrogens (tertiary/aromatic N) is 5. The van der Waals surface area contributed by atoms with Crippen molar-refractivity contribution in [1.82, 2.24) is 4.98 Å². The average Bonchev–Trinajstić information content (AvgIpc) is 3.74. The quantitative estimate of drug-likeness (QED) is 0.141. The van der Waals surface area contributed by atoms with Crippen LogP contribution in [0.15, 0.2) is 231 Å². The van der Waals surface area contributed by atoms with Crippen molar-refractivity contribution in [2.75, 3.05) is 19.6 Å². The molecule has 3 heterocycles. The summed E-state index contributed by atoms with van der Waals surface area (Å²) in [5.41, 5.74) is 19.1. The minimum absolute atomic E-state index is 0. The normalized spacial score (nSPS) is 12.5. The van der Waals surface area contributed by atoms with E-state index in [-0.39, 0.29) is 26.5 Å². The topological polar surface area (TPSA) is 25.9 Å². The van der Waals surface area contributed by atoms with Gasteiger partial charge in [0.05, 0.1) is 5.69 Å². The summed E-state index contributed by atoms with van der Waals surface area (Å²) in [5, 5.41) is 0. The summed E-state index contributed by atoms with van der Waals surface area (Å²) in [6, 6.07) is 88.0. The van der Waals surface area contributed by atoms with Crippen LogP contribution < -0.4 is 19.6 Å². The Balaban J connectivity index is 0.00000533. The van der Waals surface area contributed by atoms with E-state index in [0.29, 0.717) is 0 Å². The molecular weight excluding hydrogens is 1030 g/mol. The molecule has 9 aromatic carbocycles. The van der Waals surface area contributed by atoms with E-state index in [4.69, 9.17) is 4.98 Å². The summed E-state index contributed by atoms with van der Waals surface area (Å²) < 4.78 is 0. The van der Waals surface area contributed by atoms with Gasteiger partial charge in [0, 0.05) is 55.6 Å². The number of benzene rings is 9. The molecule has 6 heteroatoms. The van der Waals surface area contributed by atoms with Gasteiger partial charge in [0.2, 0.25) is 0 Å². The number of aromatic nitrogens is 1. The van der Waals surface area contributed by atoms with E-state index < -0.39 is 0 Å². The Labute approximate surface area is 425 Å². The Morgan fingerprint density at radius 1 is 0.457 bits per heavy atom. The molecule has 0 N–H and O–H groups in total. The van der Waals surface area contributed by atoms with Gasteiger partial charge in [-0.3, -0.25) is 0 Å². The fraction of sp³-hybridized carbons (Fsp3) is 0.0625. The largest absolute Gasteiger partial charge is 0.493 e. The minimum atomic E-state index is 0. The molecule has 0 saturated heterocycles. The second kappa shape index (κ2) is 18.5. The molecule has 0 aliphatic carbocycles. The molecule has 0 amide bonds. The first-order chi connectivity index (χ1) is 33.9. The average molecular weight is 1080 g/mol. The van der Waals surface area contributed by atoms with Gasteiger partial charge < -0.3 is 19.6 Å². The molecule has 342 valence electrons. The molecule has 0 spiro atoms. The number of anilines is 10. The molecule has 10 aromatic rings. The number of hydrogen-bond donors (Lipinski definition) is 0. The standard InChI is InChI=1S/C64H48N5.Pt/c1-64(2,3)49-33-30-46(31-34-49)47-32-36-57-55-25-13-14-26-56(55)58-37-35-52(43-62(58)69(61(57)41-47)63-29-17-18-38-65-63)68(51-23-11-6-12-24-51)54-40-48(45-19-7-4-8-20-45)39-53(42-54)67-44-66(50-21-9-5-10-22-50)59-27-15-16-28-60(59)67;/h4-41,44H,1-3H3;/q-3;. The van der Waals surface area contributed by atoms with Crippen LogP contribution in [0.4, 0.5) is 57.0 Å². The van der Waals surface area contributed by atoms with Crippen molar-refractivity contribution >= 4 is 57.0 Å². The van der Waals surface area contributed by atoms with Crippen molar-refractivity contribution in [3.63, 3.8) is 0 Å². The Bertz CT molecular complexity index is 3460. The van der Waals surface area contributed by atoms with Gasteiger partial charge in [0.15, 0.2) is 0 Å².